The number of rotatable bonds is 3. The van der Waals surface area contributed by atoms with Gasteiger partial charge in [0.15, 0.2) is 0 Å². The summed E-state index contributed by atoms with van der Waals surface area (Å²) in [5.41, 5.74) is 2.77. The van der Waals surface area contributed by atoms with E-state index in [-0.39, 0.29) is 5.91 Å². The van der Waals surface area contributed by atoms with E-state index in [1.165, 1.54) is 11.8 Å². The Morgan fingerprint density at radius 2 is 1.95 bits per heavy atom. The number of carbonyl (C=O) groups excluding carboxylic acids is 1. The van der Waals surface area contributed by atoms with Crippen molar-refractivity contribution in [1.29, 1.82) is 0 Å². The second kappa shape index (κ2) is 5.85. The van der Waals surface area contributed by atoms with Crippen LogP contribution in [0, 0.1) is 6.92 Å². The van der Waals surface area contributed by atoms with Gasteiger partial charge in [0, 0.05) is 26.0 Å². The molecule has 0 N–H and O–H groups in total. The van der Waals surface area contributed by atoms with Crippen molar-refractivity contribution in [1.82, 2.24) is 9.88 Å². The third-order valence-corrected chi connectivity index (χ3v) is 3.19. The Kier molecular flexibility index (Phi) is 4.17. The number of halogens is 1. The van der Waals surface area contributed by atoms with Crippen molar-refractivity contribution < 1.29 is 4.79 Å². The molecule has 0 aliphatic carbocycles. The Labute approximate surface area is 117 Å². The Hall–Kier alpha value is -1.87. The van der Waals surface area contributed by atoms with Gasteiger partial charge in [-0.1, -0.05) is 41.4 Å². The standard InChI is InChI=1S/C15H15ClN2O/c1-11-3-5-12(6-4-11)10-18(2)15(19)13-7-8-17-9-14(13)16/h3-9H,10H2,1-2H3. The lowest BCUT2D eigenvalue weighted by Gasteiger charge is -2.18. The molecule has 3 nitrogen and oxygen atoms in total. The lowest BCUT2D eigenvalue weighted by molar-refractivity contribution is 0.0785. The van der Waals surface area contributed by atoms with Crippen LogP contribution in [0.25, 0.3) is 0 Å². The second-order valence-corrected chi connectivity index (χ2v) is 4.91. The predicted molar refractivity (Wildman–Crippen MR) is 76.2 cm³/mol. The number of aromatic nitrogens is 1. The number of amides is 1. The van der Waals surface area contributed by atoms with Gasteiger partial charge in [-0.25, -0.2) is 0 Å². The van der Waals surface area contributed by atoms with Gasteiger partial charge in [-0.3, -0.25) is 9.78 Å². The van der Waals surface area contributed by atoms with Crippen LogP contribution >= 0.6 is 11.6 Å². The highest BCUT2D eigenvalue weighted by molar-refractivity contribution is 6.33. The van der Waals surface area contributed by atoms with Gasteiger partial charge in [-0.15, -0.1) is 0 Å². The van der Waals surface area contributed by atoms with Crippen LogP contribution in [0.2, 0.25) is 5.02 Å². The van der Waals surface area contributed by atoms with E-state index in [1.807, 2.05) is 31.2 Å². The number of hydrogen-bond acceptors (Lipinski definition) is 2. The van der Waals surface area contributed by atoms with Gasteiger partial charge >= 0.3 is 0 Å². The minimum absolute atomic E-state index is 0.104. The summed E-state index contributed by atoms with van der Waals surface area (Å²) in [6.07, 6.45) is 3.05. The van der Waals surface area contributed by atoms with E-state index in [9.17, 15) is 4.79 Å². The van der Waals surface area contributed by atoms with E-state index >= 15 is 0 Å². The van der Waals surface area contributed by atoms with Crippen LogP contribution in [0.4, 0.5) is 0 Å². The Bertz CT molecular complexity index is 581. The Morgan fingerprint density at radius 3 is 2.58 bits per heavy atom. The molecule has 1 amide bonds. The quantitative estimate of drug-likeness (QED) is 0.860. The largest absolute Gasteiger partial charge is 0.337 e. The van der Waals surface area contributed by atoms with E-state index in [4.69, 9.17) is 11.6 Å². The van der Waals surface area contributed by atoms with Gasteiger partial charge in [0.05, 0.1) is 10.6 Å². The van der Waals surface area contributed by atoms with Crippen molar-refractivity contribution in [3.05, 3.63) is 64.4 Å². The predicted octanol–water partition coefficient (Wildman–Crippen LogP) is 3.32. The average Bonchev–Trinajstić information content (AvgIpc) is 2.41. The van der Waals surface area contributed by atoms with Crippen molar-refractivity contribution in [2.24, 2.45) is 0 Å². The number of hydrogen-bond donors (Lipinski definition) is 0. The van der Waals surface area contributed by atoms with Gasteiger partial charge in [0.25, 0.3) is 5.91 Å². The third-order valence-electron chi connectivity index (χ3n) is 2.89. The Balaban J connectivity index is 2.12. The fourth-order valence-corrected chi connectivity index (χ4v) is 1.99. The van der Waals surface area contributed by atoms with Crippen LogP contribution in [0.1, 0.15) is 21.5 Å². The summed E-state index contributed by atoms with van der Waals surface area (Å²) in [4.78, 5) is 17.8. The zero-order valence-corrected chi connectivity index (χ0v) is 11.7. The number of benzene rings is 1. The first kappa shape index (κ1) is 13.6. The van der Waals surface area contributed by atoms with Gasteiger partial charge in [0.1, 0.15) is 0 Å². The second-order valence-electron chi connectivity index (χ2n) is 4.50. The van der Waals surface area contributed by atoms with Crippen molar-refractivity contribution in [3.8, 4) is 0 Å². The summed E-state index contributed by atoms with van der Waals surface area (Å²) >= 11 is 5.98. The van der Waals surface area contributed by atoms with Gasteiger partial charge in [-0.2, -0.15) is 0 Å². The van der Waals surface area contributed by atoms with Crippen LogP contribution in [0.15, 0.2) is 42.7 Å². The molecule has 1 heterocycles. The molecule has 0 unspecified atom stereocenters. The maximum absolute atomic E-state index is 12.3. The zero-order valence-electron chi connectivity index (χ0n) is 10.9. The third kappa shape index (κ3) is 3.32. The molecule has 0 fully saturated rings. The molecule has 0 saturated heterocycles. The number of pyridine rings is 1. The fraction of sp³-hybridized carbons (Fsp3) is 0.200. The lowest BCUT2D eigenvalue weighted by atomic mass is 10.1. The van der Waals surface area contributed by atoms with Crippen LogP contribution in [-0.4, -0.2) is 22.8 Å². The average molecular weight is 275 g/mol. The van der Waals surface area contributed by atoms with E-state index in [2.05, 4.69) is 4.98 Å². The molecule has 0 radical (unpaired) electrons. The fourth-order valence-electron chi connectivity index (χ4n) is 1.79. The Morgan fingerprint density at radius 1 is 1.26 bits per heavy atom. The first-order chi connectivity index (χ1) is 9.08. The van der Waals surface area contributed by atoms with Crippen molar-refractivity contribution >= 4 is 17.5 Å². The molecule has 0 saturated carbocycles. The van der Waals surface area contributed by atoms with Crippen molar-refractivity contribution in [2.75, 3.05) is 7.05 Å². The van der Waals surface area contributed by atoms with Crippen LogP contribution in [-0.2, 0) is 6.54 Å². The summed E-state index contributed by atoms with van der Waals surface area (Å²) in [5, 5.41) is 0.378. The zero-order chi connectivity index (χ0) is 13.8. The highest BCUT2D eigenvalue weighted by Crippen LogP contribution is 2.16. The smallest absolute Gasteiger partial charge is 0.255 e. The topological polar surface area (TPSA) is 33.2 Å². The maximum Gasteiger partial charge on any atom is 0.255 e. The molecular weight excluding hydrogens is 260 g/mol. The molecule has 0 bridgehead atoms. The van der Waals surface area contributed by atoms with Crippen molar-refractivity contribution in [3.63, 3.8) is 0 Å². The molecule has 1 aromatic heterocycles. The lowest BCUT2D eigenvalue weighted by Crippen LogP contribution is -2.26. The summed E-state index contributed by atoms with van der Waals surface area (Å²) in [6, 6.07) is 9.75. The SMILES string of the molecule is Cc1ccc(CN(C)C(=O)c2ccncc2Cl)cc1. The van der Waals surface area contributed by atoms with E-state index in [0.29, 0.717) is 17.1 Å². The van der Waals surface area contributed by atoms with Gasteiger partial charge in [0.2, 0.25) is 0 Å². The summed E-state index contributed by atoms with van der Waals surface area (Å²) in [6.45, 7) is 2.59. The van der Waals surface area contributed by atoms with Gasteiger partial charge < -0.3 is 4.90 Å². The number of carbonyl (C=O) groups is 1. The molecular formula is C15H15ClN2O. The highest BCUT2D eigenvalue weighted by atomic mass is 35.5. The van der Waals surface area contributed by atoms with Crippen LogP contribution in [0.3, 0.4) is 0 Å². The summed E-state index contributed by atoms with van der Waals surface area (Å²) < 4.78 is 0. The van der Waals surface area contributed by atoms with Crippen LogP contribution < -0.4 is 0 Å². The van der Waals surface area contributed by atoms with Crippen molar-refractivity contribution in [2.45, 2.75) is 13.5 Å². The molecule has 2 rings (SSSR count). The molecule has 0 aliphatic heterocycles. The monoisotopic (exact) mass is 274 g/mol. The minimum atomic E-state index is -0.104. The van der Waals surface area contributed by atoms with Gasteiger partial charge in [-0.05, 0) is 18.6 Å². The first-order valence-electron chi connectivity index (χ1n) is 5.98. The number of nitrogens with zero attached hydrogens (tertiary/aromatic N) is 2. The first-order valence-corrected chi connectivity index (χ1v) is 6.36. The molecule has 19 heavy (non-hydrogen) atoms. The minimum Gasteiger partial charge on any atom is -0.337 e. The molecule has 98 valence electrons. The highest BCUT2D eigenvalue weighted by Gasteiger charge is 2.14. The normalized spacial score (nSPS) is 10.3. The van der Waals surface area contributed by atoms with E-state index in [0.717, 1.165) is 5.56 Å². The van der Waals surface area contributed by atoms with E-state index in [1.54, 1.807) is 24.2 Å². The van der Waals surface area contributed by atoms with Crippen LogP contribution in [0.5, 0.6) is 0 Å². The molecule has 0 spiro atoms. The molecule has 0 aliphatic rings. The summed E-state index contributed by atoms with van der Waals surface area (Å²) in [5.74, 6) is -0.104. The molecule has 2 aromatic rings. The molecule has 1 aromatic carbocycles. The molecule has 0 atom stereocenters. The summed E-state index contributed by atoms with van der Waals surface area (Å²) in [7, 11) is 1.76. The van der Waals surface area contributed by atoms with E-state index < -0.39 is 0 Å². The molecule has 4 heteroatoms. The number of aryl methyl sites for hydroxylation is 1. The maximum atomic E-state index is 12.3.